The number of carbonyl (C=O) groups is 2. The standard InChI is InChI=1S/C23H17NO3S/c25-22-21(28-23(26)24(22)19-11-5-2-6-12-19)15-18-10-7-13-20(14-18)27-16-17-8-3-1-4-9-17/h1-15H,16H2/b21-15-. The molecule has 1 aliphatic rings. The summed E-state index contributed by atoms with van der Waals surface area (Å²) in [5, 5.41) is -0.293. The number of amides is 2. The molecule has 3 aromatic carbocycles. The van der Waals surface area contributed by atoms with Crippen LogP contribution >= 0.6 is 11.8 Å². The van der Waals surface area contributed by atoms with Crippen LogP contribution in [0.2, 0.25) is 0 Å². The van der Waals surface area contributed by atoms with E-state index in [1.54, 1.807) is 30.3 Å². The van der Waals surface area contributed by atoms with Gasteiger partial charge in [0.15, 0.2) is 0 Å². The number of ether oxygens (including phenoxy) is 1. The van der Waals surface area contributed by atoms with Crippen LogP contribution in [0.4, 0.5) is 10.5 Å². The number of benzene rings is 3. The van der Waals surface area contributed by atoms with Gasteiger partial charge in [0, 0.05) is 0 Å². The Labute approximate surface area is 167 Å². The minimum Gasteiger partial charge on any atom is -0.489 e. The molecule has 0 aliphatic carbocycles. The Morgan fingerprint density at radius 2 is 1.57 bits per heavy atom. The highest BCUT2D eigenvalue weighted by atomic mass is 32.2. The Bertz CT molecular complexity index is 1030. The Balaban J connectivity index is 1.51. The lowest BCUT2D eigenvalue weighted by Gasteiger charge is -2.11. The van der Waals surface area contributed by atoms with Gasteiger partial charge in [-0.2, -0.15) is 0 Å². The molecule has 1 heterocycles. The minimum atomic E-state index is -0.309. The van der Waals surface area contributed by atoms with Gasteiger partial charge in [-0.3, -0.25) is 9.59 Å². The zero-order chi connectivity index (χ0) is 19.3. The molecule has 28 heavy (non-hydrogen) atoms. The largest absolute Gasteiger partial charge is 0.489 e. The topological polar surface area (TPSA) is 46.6 Å². The molecule has 0 aromatic heterocycles. The number of thioether (sulfide) groups is 1. The molecule has 4 rings (SSSR count). The molecular formula is C23H17NO3S. The maximum Gasteiger partial charge on any atom is 0.298 e. The fraction of sp³-hybridized carbons (Fsp3) is 0.0435. The normalized spacial score (nSPS) is 15.3. The number of imide groups is 1. The monoisotopic (exact) mass is 387 g/mol. The van der Waals surface area contributed by atoms with Crippen LogP contribution in [0.25, 0.3) is 6.08 Å². The van der Waals surface area contributed by atoms with Gasteiger partial charge in [-0.25, -0.2) is 4.90 Å². The lowest BCUT2D eigenvalue weighted by molar-refractivity contribution is -0.113. The average molecular weight is 387 g/mol. The van der Waals surface area contributed by atoms with Gasteiger partial charge in [0.05, 0.1) is 10.6 Å². The molecule has 2 amide bonds. The maximum atomic E-state index is 12.7. The van der Waals surface area contributed by atoms with Gasteiger partial charge in [-0.15, -0.1) is 0 Å². The van der Waals surface area contributed by atoms with E-state index in [9.17, 15) is 9.59 Å². The molecule has 1 aliphatic heterocycles. The van der Waals surface area contributed by atoms with Crippen LogP contribution in [0.15, 0.2) is 89.8 Å². The van der Waals surface area contributed by atoms with Crippen LogP contribution in [0.1, 0.15) is 11.1 Å². The Kier molecular flexibility index (Phi) is 5.26. The number of para-hydroxylation sites is 1. The van der Waals surface area contributed by atoms with E-state index >= 15 is 0 Å². The molecule has 0 N–H and O–H groups in total. The lowest BCUT2D eigenvalue weighted by atomic mass is 10.2. The molecular weight excluding hydrogens is 370 g/mol. The van der Waals surface area contributed by atoms with E-state index in [4.69, 9.17) is 4.74 Å². The fourth-order valence-electron chi connectivity index (χ4n) is 2.85. The number of carbonyl (C=O) groups excluding carboxylic acids is 2. The van der Waals surface area contributed by atoms with Crippen LogP contribution in [-0.4, -0.2) is 11.1 Å². The summed E-state index contributed by atoms with van der Waals surface area (Å²) in [5.74, 6) is 0.400. The number of rotatable bonds is 5. The highest BCUT2D eigenvalue weighted by Gasteiger charge is 2.36. The van der Waals surface area contributed by atoms with E-state index in [1.165, 1.54) is 4.90 Å². The molecule has 3 aromatic rings. The van der Waals surface area contributed by atoms with Crippen molar-refractivity contribution in [2.24, 2.45) is 0 Å². The predicted molar refractivity (Wildman–Crippen MR) is 112 cm³/mol. The molecule has 4 nitrogen and oxygen atoms in total. The van der Waals surface area contributed by atoms with Crippen molar-refractivity contribution in [2.45, 2.75) is 6.61 Å². The number of hydrogen-bond donors (Lipinski definition) is 0. The Hall–Kier alpha value is -3.31. The summed E-state index contributed by atoms with van der Waals surface area (Å²) in [6.07, 6.45) is 1.73. The first-order chi connectivity index (χ1) is 13.7. The Morgan fingerprint density at radius 3 is 2.32 bits per heavy atom. The van der Waals surface area contributed by atoms with Crippen molar-refractivity contribution in [1.82, 2.24) is 0 Å². The van der Waals surface area contributed by atoms with E-state index in [1.807, 2.05) is 60.7 Å². The maximum absolute atomic E-state index is 12.7. The third kappa shape index (κ3) is 4.00. The molecule has 0 bridgehead atoms. The van der Waals surface area contributed by atoms with Crippen LogP contribution in [0.5, 0.6) is 5.75 Å². The SMILES string of the molecule is O=C1S/C(=C\c2cccc(OCc3ccccc3)c2)C(=O)N1c1ccccc1. The van der Waals surface area contributed by atoms with Gasteiger partial charge < -0.3 is 4.74 Å². The van der Waals surface area contributed by atoms with Crippen molar-refractivity contribution in [3.8, 4) is 5.75 Å². The second-order valence-electron chi connectivity index (χ2n) is 6.20. The van der Waals surface area contributed by atoms with Gasteiger partial charge in [-0.05, 0) is 53.2 Å². The second-order valence-corrected chi connectivity index (χ2v) is 7.19. The minimum absolute atomic E-state index is 0.293. The van der Waals surface area contributed by atoms with Gasteiger partial charge in [0.1, 0.15) is 12.4 Å². The summed E-state index contributed by atoms with van der Waals surface area (Å²) in [4.78, 5) is 26.6. The molecule has 1 saturated heterocycles. The summed E-state index contributed by atoms with van der Waals surface area (Å²) in [6.45, 7) is 0.467. The number of anilines is 1. The van der Waals surface area contributed by atoms with Crippen molar-refractivity contribution in [3.05, 3.63) is 101 Å². The number of hydrogen-bond acceptors (Lipinski definition) is 4. The van der Waals surface area contributed by atoms with Crippen LogP contribution in [0.3, 0.4) is 0 Å². The molecule has 138 valence electrons. The Morgan fingerprint density at radius 1 is 0.857 bits per heavy atom. The summed E-state index contributed by atoms with van der Waals surface area (Å²) in [7, 11) is 0. The van der Waals surface area contributed by atoms with Crippen molar-refractivity contribution >= 4 is 34.7 Å². The molecule has 0 atom stereocenters. The summed E-state index contributed by atoms with van der Waals surface area (Å²) >= 11 is 0.945. The molecule has 0 unspecified atom stereocenters. The smallest absolute Gasteiger partial charge is 0.298 e. The molecule has 0 radical (unpaired) electrons. The first-order valence-corrected chi connectivity index (χ1v) is 9.62. The third-order valence-electron chi connectivity index (χ3n) is 4.21. The van der Waals surface area contributed by atoms with Crippen molar-refractivity contribution < 1.29 is 14.3 Å². The quantitative estimate of drug-likeness (QED) is 0.542. The second kappa shape index (κ2) is 8.15. The van der Waals surface area contributed by atoms with Crippen molar-refractivity contribution in [1.29, 1.82) is 0 Å². The van der Waals surface area contributed by atoms with E-state index in [0.717, 1.165) is 22.9 Å². The van der Waals surface area contributed by atoms with Gasteiger partial charge in [0.2, 0.25) is 0 Å². The lowest BCUT2D eigenvalue weighted by Crippen LogP contribution is -2.27. The molecule has 1 fully saturated rings. The van der Waals surface area contributed by atoms with E-state index < -0.39 is 0 Å². The van der Waals surface area contributed by atoms with Crippen LogP contribution in [-0.2, 0) is 11.4 Å². The van der Waals surface area contributed by atoms with Gasteiger partial charge >= 0.3 is 0 Å². The summed E-state index contributed by atoms with van der Waals surface area (Å²) < 4.78 is 5.84. The number of nitrogens with zero attached hydrogens (tertiary/aromatic N) is 1. The molecule has 5 heteroatoms. The van der Waals surface area contributed by atoms with Gasteiger partial charge in [0.25, 0.3) is 11.1 Å². The van der Waals surface area contributed by atoms with Crippen LogP contribution in [0, 0.1) is 0 Å². The third-order valence-corrected chi connectivity index (χ3v) is 5.08. The van der Waals surface area contributed by atoms with Crippen molar-refractivity contribution in [2.75, 3.05) is 4.90 Å². The highest BCUT2D eigenvalue weighted by molar-refractivity contribution is 8.19. The highest BCUT2D eigenvalue weighted by Crippen LogP contribution is 2.35. The summed E-state index contributed by atoms with van der Waals surface area (Å²) in [5.41, 5.74) is 2.47. The van der Waals surface area contributed by atoms with E-state index in [-0.39, 0.29) is 11.1 Å². The van der Waals surface area contributed by atoms with E-state index in [2.05, 4.69) is 0 Å². The first-order valence-electron chi connectivity index (χ1n) is 8.80. The predicted octanol–water partition coefficient (Wildman–Crippen LogP) is 5.51. The first kappa shape index (κ1) is 18.1. The van der Waals surface area contributed by atoms with Crippen LogP contribution < -0.4 is 9.64 Å². The summed E-state index contributed by atoms with van der Waals surface area (Å²) in [6, 6.07) is 26.3. The molecule has 0 saturated carbocycles. The zero-order valence-corrected chi connectivity index (χ0v) is 15.8. The van der Waals surface area contributed by atoms with Crippen molar-refractivity contribution in [3.63, 3.8) is 0 Å². The van der Waals surface area contributed by atoms with E-state index in [0.29, 0.717) is 22.9 Å². The average Bonchev–Trinajstić information content (AvgIpc) is 3.01. The zero-order valence-electron chi connectivity index (χ0n) is 14.9. The molecule has 0 spiro atoms. The fourth-order valence-corrected chi connectivity index (χ4v) is 3.70. The van der Waals surface area contributed by atoms with Gasteiger partial charge in [-0.1, -0.05) is 60.7 Å².